The Hall–Kier alpha value is -2.70. The van der Waals surface area contributed by atoms with Crippen LogP contribution >= 0.6 is 0 Å². The lowest BCUT2D eigenvalue weighted by molar-refractivity contribution is -0.130. The monoisotopic (exact) mass is 314 g/mol. The summed E-state index contributed by atoms with van der Waals surface area (Å²) >= 11 is 0. The fourth-order valence-corrected chi connectivity index (χ4v) is 2.31. The predicted molar refractivity (Wildman–Crippen MR) is 85.0 cm³/mol. The molecular formula is C16H18N4O3. The lowest BCUT2D eigenvalue weighted by Crippen LogP contribution is -2.34. The molecule has 3 rings (SSSR count). The summed E-state index contributed by atoms with van der Waals surface area (Å²) in [5, 5.41) is 10.8. The van der Waals surface area contributed by atoms with Gasteiger partial charge in [-0.2, -0.15) is 5.10 Å². The minimum Gasteiger partial charge on any atom is -0.349 e. The molecule has 7 heteroatoms. The zero-order valence-corrected chi connectivity index (χ0v) is 12.8. The van der Waals surface area contributed by atoms with Crippen molar-refractivity contribution in [3.8, 4) is 0 Å². The van der Waals surface area contributed by atoms with Crippen LogP contribution in [0.4, 0.5) is 5.69 Å². The lowest BCUT2D eigenvalue weighted by atomic mass is 10.1. The van der Waals surface area contributed by atoms with Gasteiger partial charge in [-0.05, 0) is 25.0 Å². The van der Waals surface area contributed by atoms with Crippen molar-refractivity contribution in [2.24, 2.45) is 5.10 Å². The molecule has 120 valence electrons. The van der Waals surface area contributed by atoms with E-state index in [0.29, 0.717) is 17.7 Å². The van der Waals surface area contributed by atoms with Crippen LogP contribution in [0.3, 0.4) is 0 Å². The molecule has 2 N–H and O–H groups in total. The summed E-state index contributed by atoms with van der Waals surface area (Å²) in [6.45, 7) is 0. The van der Waals surface area contributed by atoms with Crippen LogP contribution in [-0.4, -0.2) is 41.5 Å². The molecule has 1 aromatic carbocycles. The van der Waals surface area contributed by atoms with Gasteiger partial charge in [-0.1, -0.05) is 12.1 Å². The van der Waals surface area contributed by atoms with Gasteiger partial charge in [0.1, 0.15) is 5.71 Å². The number of anilines is 1. The first-order valence-electron chi connectivity index (χ1n) is 7.60. The zero-order valence-electron chi connectivity index (χ0n) is 12.8. The molecule has 0 atom stereocenters. The number of hydrogen-bond donors (Lipinski definition) is 2. The number of carbonyl (C=O) groups is 3. The van der Waals surface area contributed by atoms with Gasteiger partial charge < -0.3 is 10.6 Å². The van der Waals surface area contributed by atoms with Crippen LogP contribution in [0.15, 0.2) is 29.4 Å². The number of carbonyl (C=O) groups excluding carboxylic acids is 3. The minimum absolute atomic E-state index is 0.120. The van der Waals surface area contributed by atoms with Gasteiger partial charge in [-0.3, -0.25) is 14.4 Å². The molecule has 0 spiro atoms. The van der Waals surface area contributed by atoms with Crippen molar-refractivity contribution in [2.75, 3.05) is 12.4 Å². The van der Waals surface area contributed by atoms with Gasteiger partial charge in [0.05, 0.1) is 11.3 Å². The van der Waals surface area contributed by atoms with E-state index >= 15 is 0 Å². The summed E-state index contributed by atoms with van der Waals surface area (Å²) in [4.78, 5) is 35.9. The van der Waals surface area contributed by atoms with E-state index in [1.165, 1.54) is 12.1 Å². The third kappa shape index (κ3) is 3.56. The Morgan fingerprint density at radius 1 is 1.17 bits per heavy atom. The fraction of sp³-hybridized carbons (Fsp3) is 0.375. The fourth-order valence-electron chi connectivity index (χ4n) is 2.31. The van der Waals surface area contributed by atoms with E-state index < -0.39 is 5.91 Å². The van der Waals surface area contributed by atoms with Crippen LogP contribution in [0.2, 0.25) is 0 Å². The van der Waals surface area contributed by atoms with Crippen molar-refractivity contribution < 1.29 is 14.4 Å². The SMILES string of the molecule is CN1N=C(C(=O)Nc2ccccc2C(=O)NC2CC2)CCC1=O. The lowest BCUT2D eigenvalue weighted by Gasteiger charge is -2.19. The maximum atomic E-state index is 12.3. The zero-order chi connectivity index (χ0) is 16.4. The Labute approximate surface area is 133 Å². The summed E-state index contributed by atoms with van der Waals surface area (Å²) in [6.07, 6.45) is 2.55. The largest absolute Gasteiger partial charge is 0.349 e. The molecule has 0 bridgehead atoms. The van der Waals surface area contributed by atoms with Crippen LogP contribution in [-0.2, 0) is 9.59 Å². The number of nitrogens with zero attached hydrogens (tertiary/aromatic N) is 2. The van der Waals surface area contributed by atoms with Gasteiger partial charge in [0.15, 0.2) is 0 Å². The minimum atomic E-state index is -0.393. The Morgan fingerprint density at radius 2 is 1.91 bits per heavy atom. The topological polar surface area (TPSA) is 90.9 Å². The van der Waals surface area contributed by atoms with Crippen molar-refractivity contribution in [3.63, 3.8) is 0 Å². The van der Waals surface area contributed by atoms with Gasteiger partial charge in [-0.25, -0.2) is 5.01 Å². The van der Waals surface area contributed by atoms with Crippen LogP contribution in [0.25, 0.3) is 0 Å². The Balaban J connectivity index is 1.74. The van der Waals surface area contributed by atoms with Crippen molar-refractivity contribution in [2.45, 2.75) is 31.7 Å². The molecule has 23 heavy (non-hydrogen) atoms. The normalized spacial score (nSPS) is 17.5. The highest BCUT2D eigenvalue weighted by atomic mass is 16.2. The number of amides is 3. The molecule has 0 aromatic heterocycles. The smallest absolute Gasteiger partial charge is 0.271 e. The van der Waals surface area contributed by atoms with Crippen molar-refractivity contribution in [3.05, 3.63) is 29.8 Å². The standard InChI is InChI=1S/C16H18N4O3/c1-20-14(21)9-8-13(19-20)16(23)18-12-5-3-2-4-11(12)15(22)17-10-6-7-10/h2-5,10H,6-9H2,1H3,(H,17,22)(H,18,23). The number of benzene rings is 1. The van der Waals surface area contributed by atoms with Crippen LogP contribution < -0.4 is 10.6 Å². The second-order valence-electron chi connectivity index (χ2n) is 5.71. The van der Waals surface area contributed by atoms with Gasteiger partial charge >= 0.3 is 0 Å². The molecular weight excluding hydrogens is 296 g/mol. The van der Waals surface area contributed by atoms with E-state index in [9.17, 15) is 14.4 Å². The summed E-state index contributed by atoms with van der Waals surface area (Å²) in [7, 11) is 1.52. The Morgan fingerprint density at radius 3 is 2.61 bits per heavy atom. The van der Waals surface area contributed by atoms with Crippen LogP contribution in [0, 0.1) is 0 Å². The van der Waals surface area contributed by atoms with Gasteiger partial charge in [0, 0.05) is 25.9 Å². The molecule has 0 unspecified atom stereocenters. The van der Waals surface area contributed by atoms with Crippen LogP contribution in [0.5, 0.6) is 0 Å². The molecule has 0 radical (unpaired) electrons. The Bertz CT molecular complexity index is 694. The van der Waals surface area contributed by atoms with E-state index in [-0.39, 0.29) is 30.0 Å². The van der Waals surface area contributed by atoms with Gasteiger partial charge in [0.2, 0.25) is 5.91 Å². The molecule has 1 heterocycles. The third-order valence-corrected chi connectivity index (χ3v) is 3.80. The van der Waals surface area contributed by atoms with E-state index in [0.717, 1.165) is 12.8 Å². The Kier molecular flexibility index (Phi) is 4.10. The summed E-state index contributed by atoms with van der Waals surface area (Å²) in [5.41, 5.74) is 1.15. The average Bonchev–Trinajstić information content (AvgIpc) is 3.34. The number of hydrazone groups is 1. The highest BCUT2D eigenvalue weighted by molar-refractivity contribution is 6.43. The van der Waals surface area contributed by atoms with E-state index in [1.54, 1.807) is 24.3 Å². The second kappa shape index (κ2) is 6.20. The first-order valence-corrected chi connectivity index (χ1v) is 7.60. The molecule has 1 fully saturated rings. The highest BCUT2D eigenvalue weighted by Gasteiger charge is 2.26. The number of para-hydroxylation sites is 1. The summed E-state index contributed by atoms with van der Waals surface area (Å²) in [6, 6.07) is 7.10. The first-order chi connectivity index (χ1) is 11.0. The predicted octanol–water partition coefficient (Wildman–Crippen LogP) is 1.13. The number of nitrogens with one attached hydrogen (secondary N) is 2. The maximum absolute atomic E-state index is 12.3. The van der Waals surface area contributed by atoms with Crippen molar-refractivity contribution in [1.29, 1.82) is 0 Å². The highest BCUT2D eigenvalue weighted by Crippen LogP contribution is 2.22. The van der Waals surface area contributed by atoms with Crippen LogP contribution in [0.1, 0.15) is 36.0 Å². The van der Waals surface area contributed by atoms with E-state index in [2.05, 4.69) is 15.7 Å². The summed E-state index contributed by atoms with van der Waals surface area (Å²) < 4.78 is 0. The van der Waals surface area contributed by atoms with Crippen molar-refractivity contribution in [1.82, 2.24) is 10.3 Å². The maximum Gasteiger partial charge on any atom is 0.271 e. The molecule has 0 saturated heterocycles. The third-order valence-electron chi connectivity index (χ3n) is 3.80. The van der Waals surface area contributed by atoms with Gasteiger partial charge in [0.25, 0.3) is 11.8 Å². The quantitative estimate of drug-likeness (QED) is 0.872. The van der Waals surface area contributed by atoms with Gasteiger partial charge in [-0.15, -0.1) is 0 Å². The van der Waals surface area contributed by atoms with Crippen molar-refractivity contribution >= 4 is 29.1 Å². The molecule has 1 aliphatic carbocycles. The molecule has 1 aromatic rings. The van der Waals surface area contributed by atoms with E-state index in [4.69, 9.17) is 0 Å². The summed E-state index contributed by atoms with van der Waals surface area (Å²) in [5.74, 6) is -0.705. The first kappa shape index (κ1) is 15.2. The molecule has 1 saturated carbocycles. The molecule has 7 nitrogen and oxygen atoms in total. The average molecular weight is 314 g/mol. The molecule has 2 aliphatic rings. The molecule has 1 aliphatic heterocycles. The second-order valence-corrected chi connectivity index (χ2v) is 5.71. The number of rotatable bonds is 4. The molecule has 3 amide bonds. The van der Waals surface area contributed by atoms with E-state index in [1.807, 2.05) is 0 Å². The number of hydrogen-bond acceptors (Lipinski definition) is 4.